The summed E-state index contributed by atoms with van der Waals surface area (Å²) in [5, 5.41) is 33.6. The molecule has 3 heterocycles. The number of rotatable bonds is 11. The van der Waals surface area contributed by atoms with Gasteiger partial charge in [0.05, 0.1) is 40.3 Å². The summed E-state index contributed by atoms with van der Waals surface area (Å²) in [7, 11) is 1.67. The van der Waals surface area contributed by atoms with E-state index in [1.807, 2.05) is 12.1 Å². The molecule has 2 N–H and O–H groups in total. The molecule has 0 radical (unpaired) electrons. The number of fused-ring (bicyclic) bond motifs is 2. The van der Waals surface area contributed by atoms with E-state index in [2.05, 4.69) is 54.0 Å². The van der Waals surface area contributed by atoms with Gasteiger partial charge < -0.3 is 19.7 Å². The largest absolute Gasteiger partial charge is 0.447 e. The Morgan fingerprint density at radius 1 is 1.25 bits per heavy atom. The fourth-order valence-electron chi connectivity index (χ4n) is 5.42. The van der Waals surface area contributed by atoms with E-state index in [9.17, 15) is 20.0 Å². The normalized spacial score (nSPS) is 12.1. The van der Waals surface area contributed by atoms with Gasteiger partial charge in [-0.3, -0.25) is 19.4 Å². The second-order valence-corrected chi connectivity index (χ2v) is 12.9. The number of hydrogen-bond donors (Lipinski definition) is 2. The standard InChI is InChI=1S/C35H37ClN8O4/c1-6-7-12-43-20-29(40-41-43)32(25-9-8-10-26-24(25)11-13-42(5)33(26)46)44(34(47)48-15-14-45)23-16-27-30(39-21-35(2,3)4)22(18-37)19-38-31(27)28(36)17-23/h6,8-11,13,16-17,19-20,32,45H,1,7,12,14-15,21H2,2-5H3,(H,38,39)/t32-/m0/s1. The third-order valence-corrected chi connectivity index (χ3v) is 8.01. The number of halogens is 1. The predicted molar refractivity (Wildman–Crippen MR) is 186 cm³/mol. The van der Waals surface area contributed by atoms with E-state index in [1.165, 1.54) is 15.7 Å². The quantitative estimate of drug-likeness (QED) is 0.162. The number of aromatic nitrogens is 5. The number of carbonyl (C=O) groups is 1. The Bertz CT molecular complexity index is 2090. The van der Waals surface area contributed by atoms with Gasteiger partial charge in [0.1, 0.15) is 24.4 Å². The fourth-order valence-corrected chi connectivity index (χ4v) is 5.68. The summed E-state index contributed by atoms with van der Waals surface area (Å²) in [5.74, 6) is 0. The first-order chi connectivity index (χ1) is 23.0. The second kappa shape index (κ2) is 14.3. The molecule has 0 saturated carbocycles. The molecular formula is C35H37ClN8O4. The average Bonchev–Trinajstić information content (AvgIpc) is 3.53. The molecule has 0 fully saturated rings. The van der Waals surface area contributed by atoms with E-state index in [0.29, 0.717) is 69.4 Å². The molecule has 13 heteroatoms. The molecular weight excluding hydrogens is 632 g/mol. The first-order valence-corrected chi connectivity index (χ1v) is 15.8. The Hall–Kier alpha value is -5.25. The van der Waals surface area contributed by atoms with E-state index >= 15 is 0 Å². The van der Waals surface area contributed by atoms with Crippen LogP contribution in [0.15, 0.2) is 72.4 Å². The van der Waals surface area contributed by atoms with Crippen LogP contribution >= 0.6 is 11.6 Å². The molecule has 0 spiro atoms. The van der Waals surface area contributed by atoms with Crippen LogP contribution in [0.3, 0.4) is 0 Å². The minimum Gasteiger partial charge on any atom is -0.447 e. The van der Waals surface area contributed by atoms with Gasteiger partial charge in [-0.05, 0) is 47.1 Å². The van der Waals surface area contributed by atoms with E-state index in [4.69, 9.17) is 16.3 Å². The van der Waals surface area contributed by atoms with Crippen LogP contribution in [0, 0.1) is 16.7 Å². The number of benzene rings is 2. The van der Waals surface area contributed by atoms with Crippen LogP contribution in [0.4, 0.5) is 16.2 Å². The molecule has 0 aliphatic heterocycles. The zero-order chi connectivity index (χ0) is 34.6. The van der Waals surface area contributed by atoms with Crippen LogP contribution < -0.4 is 15.8 Å². The van der Waals surface area contributed by atoms with E-state index in [-0.39, 0.29) is 22.6 Å². The van der Waals surface area contributed by atoms with Crippen LogP contribution in [0.2, 0.25) is 5.02 Å². The summed E-state index contributed by atoms with van der Waals surface area (Å²) < 4.78 is 8.68. The smallest absolute Gasteiger partial charge is 0.415 e. The molecule has 1 atom stereocenters. The van der Waals surface area contributed by atoms with Crippen LogP contribution in [-0.4, -0.2) is 55.5 Å². The van der Waals surface area contributed by atoms with Crippen molar-refractivity contribution in [1.29, 1.82) is 5.26 Å². The second-order valence-electron chi connectivity index (χ2n) is 12.5. The van der Waals surface area contributed by atoms with Crippen molar-refractivity contribution in [3.63, 3.8) is 0 Å². The van der Waals surface area contributed by atoms with Gasteiger partial charge in [-0.15, -0.1) is 11.7 Å². The third kappa shape index (κ3) is 7.02. The van der Waals surface area contributed by atoms with Crippen molar-refractivity contribution in [2.24, 2.45) is 12.5 Å². The lowest BCUT2D eigenvalue weighted by atomic mass is 9.95. The molecule has 0 bridgehead atoms. The van der Waals surface area contributed by atoms with Crippen LogP contribution in [0.25, 0.3) is 21.7 Å². The number of hydrogen-bond acceptors (Lipinski definition) is 9. The molecule has 5 aromatic rings. The van der Waals surface area contributed by atoms with Crippen molar-refractivity contribution in [2.75, 3.05) is 30.0 Å². The van der Waals surface area contributed by atoms with Gasteiger partial charge >= 0.3 is 6.09 Å². The lowest BCUT2D eigenvalue weighted by Gasteiger charge is -2.31. The Balaban J connectivity index is 1.82. The van der Waals surface area contributed by atoms with Gasteiger partial charge in [0.2, 0.25) is 0 Å². The number of allylic oxidation sites excluding steroid dienone is 1. The number of amides is 1. The maximum absolute atomic E-state index is 14.2. The van der Waals surface area contributed by atoms with Crippen LogP contribution in [0.1, 0.15) is 50.1 Å². The zero-order valence-electron chi connectivity index (χ0n) is 27.3. The first-order valence-electron chi connectivity index (χ1n) is 15.4. The molecule has 248 valence electrons. The molecule has 48 heavy (non-hydrogen) atoms. The number of nitriles is 1. The number of nitrogens with one attached hydrogen (secondary N) is 1. The molecule has 12 nitrogen and oxygen atoms in total. The molecule has 2 aromatic carbocycles. The molecule has 0 saturated heterocycles. The predicted octanol–water partition coefficient (Wildman–Crippen LogP) is 5.96. The van der Waals surface area contributed by atoms with E-state index in [0.717, 1.165) is 0 Å². The minimum atomic E-state index is -0.976. The number of anilines is 2. The van der Waals surface area contributed by atoms with Gasteiger partial charge in [-0.25, -0.2) is 4.79 Å². The molecule has 0 aliphatic carbocycles. The Morgan fingerprint density at radius 2 is 2.04 bits per heavy atom. The molecule has 0 unspecified atom stereocenters. The highest BCUT2D eigenvalue weighted by Gasteiger charge is 2.34. The highest BCUT2D eigenvalue weighted by molar-refractivity contribution is 6.36. The fraction of sp³-hybridized carbons (Fsp3) is 0.314. The zero-order valence-corrected chi connectivity index (χ0v) is 28.0. The van der Waals surface area contributed by atoms with Gasteiger partial charge in [-0.1, -0.05) is 55.8 Å². The Kier molecular flexibility index (Phi) is 10.1. The van der Waals surface area contributed by atoms with Crippen molar-refractivity contribution >= 4 is 50.7 Å². The Morgan fingerprint density at radius 3 is 2.75 bits per heavy atom. The number of carbonyl (C=O) groups excluding carboxylic acids is 1. The number of nitrogens with zero attached hydrogens (tertiary/aromatic N) is 7. The third-order valence-electron chi connectivity index (χ3n) is 7.72. The van der Waals surface area contributed by atoms with Gasteiger partial charge in [0.25, 0.3) is 5.56 Å². The number of aliphatic hydroxyl groups excluding tert-OH is 1. The monoisotopic (exact) mass is 668 g/mol. The minimum absolute atomic E-state index is 0.127. The molecule has 5 rings (SSSR count). The summed E-state index contributed by atoms with van der Waals surface area (Å²) in [6.45, 7) is 10.3. The maximum atomic E-state index is 14.2. The van der Waals surface area contributed by atoms with Crippen molar-refractivity contribution in [1.82, 2.24) is 24.5 Å². The topological polar surface area (TPSA) is 151 Å². The number of pyridine rings is 2. The van der Waals surface area contributed by atoms with Crippen LogP contribution in [0.5, 0.6) is 0 Å². The van der Waals surface area contributed by atoms with E-state index in [1.54, 1.807) is 54.5 Å². The van der Waals surface area contributed by atoms with Crippen molar-refractivity contribution in [3.8, 4) is 6.07 Å². The van der Waals surface area contributed by atoms with Crippen molar-refractivity contribution < 1.29 is 14.6 Å². The lowest BCUT2D eigenvalue weighted by Crippen LogP contribution is -2.37. The van der Waals surface area contributed by atoms with Crippen molar-refractivity contribution in [2.45, 2.75) is 39.8 Å². The molecule has 0 aliphatic rings. The van der Waals surface area contributed by atoms with Gasteiger partial charge in [-0.2, -0.15) is 5.26 Å². The Labute approximate surface area is 282 Å². The SMILES string of the molecule is C=CCCn1cc([C@H](c2cccc3c(=O)n(C)ccc23)N(C(=O)OCCO)c2cc(Cl)c3ncc(C#N)c(NCC(C)(C)C)c3c2)nn1. The summed E-state index contributed by atoms with van der Waals surface area (Å²) in [5.41, 5.74) is 2.19. The van der Waals surface area contributed by atoms with Crippen molar-refractivity contribution in [3.05, 3.63) is 99.8 Å². The number of aliphatic hydroxyl groups is 1. The first kappa shape index (κ1) is 34.1. The average molecular weight is 669 g/mol. The van der Waals surface area contributed by atoms with E-state index < -0.39 is 18.7 Å². The summed E-state index contributed by atoms with van der Waals surface area (Å²) in [6.07, 6.45) is 6.46. The lowest BCUT2D eigenvalue weighted by molar-refractivity contribution is 0.124. The highest BCUT2D eigenvalue weighted by atomic mass is 35.5. The van der Waals surface area contributed by atoms with Gasteiger partial charge in [0.15, 0.2) is 0 Å². The molecule has 1 amide bonds. The summed E-state index contributed by atoms with van der Waals surface area (Å²) in [4.78, 5) is 33.2. The molecule has 3 aromatic heterocycles. The number of aryl methyl sites for hydroxylation is 2. The summed E-state index contributed by atoms with van der Waals surface area (Å²) >= 11 is 6.89. The maximum Gasteiger partial charge on any atom is 0.415 e. The van der Waals surface area contributed by atoms with Crippen LogP contribution in [-0.2, 0) is 18.3 Å². The van der Waals surface area contributed by atoms with Gasteiger partial charge in [0, 0.05) is 43.3 Å². The number of ether oxygens (including phenoxy) is 1. The highest BCUT2D eigenvalue weighted by Crippen LogP contribution is 2.41. The summed E-state index contributed by atoms with van der Waals surface area (Å²) in [6, 6.07) is 11.6.